The van der Waals surface area contributed by atoms with E-state index < -0.39 is 4.92 Å². The van der Waals surface area contributed by atoms with Gasteiger partial charge in [0.1, 0.15) is 6.20 Å². The minimum absolute atomic E-state index is 0.130. The Morgan fingerprint density at radius 1 is 1.19 bits per heavy atom. The van der Waals surface area contributed by atoms with Crippen molar-refractivity contribution >= 4 is 34.7 Å². The van der Waals surface area contributed by atoms with E-state index in [0.717, 1.165) is 31.7 Å². The Balaban J connectivity index is 1.60. The normalized spacial score (nSPS) is 14.7. The maximum Gasteiger partial charge on any atom is 0.329 e. The summed E-state index contributed by atoms with van der Waals surface area (Å²) in [5.41, 5.74) is 0.624. The van der Waals surface area contributed by atoms with Crippen LogP contribution in [0.15, 0.2) is 30.5 Å². The van der Waals surface area contributed by atoms with Crippen molar-refractivity contribution in [2.45, 2.75) is 25.7 Å². The zero-order valence-electron chi connectivity index (χ0n) is 15.0. The Morgan fingerprint density at radius 2 is 1.93 bits per heavy atom. The maximum atomic E-state index is 11.3. The molecule has 0 unspecified atom stereocenters. The third-order valence-electron chi connectivity index (χ3n) is 4.46. The van der Waals surface area contributed by atoms with Gasteiger partial charge in [-0.05, 0) is 63.2 Å². The molecule has 1 aliphatic heterocycles. The second kappa shape index (κ2) is 9.48. The van der Waals surface area contributed by atoms with Gasteiger partial charge in [-0.1, -0.05) is 18.0 Å². The Bertz CT molecular complexity index is 765. The Kier molecular flexibility index (Phi) is 6.78. The highest BCUT2D eigenvalue weighted by atomic mass is 35.5. The van der Waals surface area contributed by atoms with Crippen LogP contribution < -0.4 is 10.6 Å². The molecule has 2 N–H and O–H groups in total. The highest BCUT2D eigenvalue weighted by molar-refractivity contribution is 6.30. The maximum absolute atomic E-state index is 11.3. The van der Waals surface area contributed by atoms with Crippen LogP contribution in [0.2, 0.25) is 5.02 Å². The van der Waals surface area contributed by atoms with Crippen LogP contribution in [0, 0.1) is 10.1 Å². The van der Waals surface area contributed by atoms with Gasteiger partial charge < -0.3 is 15.5 Å². The highest BCUT2D eigenvalue weighted by Crippen LogP contribution is 2.24. The number of anilines is 3. The van der Waals surface area contributed by atoms with Gasteiger partial charge >= 0.3 is 5.69 Å². The van der Waals surface area contributed by atoms with Crippen molar-refractivity contribution in [1.29, 1.82) is 0 Å². The number of benzene rings is 1. The summed E-state index contributed by atoms with van der Waals surface area (Å²) in [5.74, 6) is 0.520. The molecular formula is C18H23ClN6O2. The zero-order chi connectivity index (χ0) is 19.1. The van der Waals surface area contributed by atoms with Gasteiger partial charge in [-0.15, -0.1) is 0 Å². The molecule has 2 heterocycles. The predicted molar refractivity (Wildman–Crippen MR) is 107 cm³/mol. The van der Waals surface area contributed by atoms with Gasteiger partial charge in [0.25, 0.3) is 0 Å². The minimum atomic E-state index is -0.473. The average molecular weight is 391 g/mol. The molecule has 1 aliphatic rings. The van der Waals surface area contributed by atoms with E-state index in [9.17, 15) is 10.1 Å². The van der Waals surface area contributed by atoms with Crippen LogP contribution in [0.4, 0.5) is 23.1 Å². The van der Waals surface area contributed by atoms with Gasteiger partial charge in [0.15, 0.2) is 0 Å². The number of hydrogen-bond acceptors (Lipinski definition) is 7. The van der Waals surface area contributed by atoms with E-state index in [0.29, 0.717) is 17.5 Å². The van der Waals surface area contributed by atoms with Crippen LogP contribution in [0.25, 0.3) is 0 Å². The number of nitro groups is 1. The first-order valence-electron chi connectivity index (χ1n) is 9.12. The second-order valence-corrected chi connectivity index (χ2v) is 6.94. The summed E-state index contributed by atoms with van der Waals surface area (Å²) in [7, 11) is 0. The molecule has 0 amide bonds. The molecule has 1 fully saturated rings. The van der Waals surface area contributed by atoms with E-state index >= 15 is 0 Å². The lowest BCUT2D eigenvalue weighted by molar-refractivity contribution is -0.384. The zero-order valence-corrected chi connectivity index (χ0v) is 15.8. The van der Waals surface area contributed by atoms with E-state index in [1.165, 1.54) is 25.5 Å². The molecule has 1 saturated heterocycles. The third-order valence-corrected chi connectivity index (χ3v) is 4.71. The van der Waals surface area contributed by atoms with E-state index in [1.54, 1.807) is 24.3 Å². The molecule has 0 spiro atoms. The number of rotatable bonds is 8. The van der Waals surface area contributed by atoms with E-state index in [-0.39, 0.29) is 11.5 Å². The van der Waals surface area contributed by atoms with Crippen LogP contribution in [0.3, 0.4) is 0 Å². The van der Waals surface area contributed by atoms with Gasteiger partial charge in [-0.2, -0.15) is 4.98 Å². The van der Waals surface area contributed by atoms with Gasteiger partial charge in [-0.25, -0.2) is 4.98 Å². The minimum Gasteiger partial charge on any atom is -0.364 e. The smallest absolute Gasteiger partial charge is 0.329 e. The lowest BCUT2D eigenvalue weighted by Gasteiger charge is -2.26. The summed E-state index contributed by atoms with van der Waals surface area (Å²) >= 11 is 5.88. The van der Waals surface area contributed by atoms with Gasteiger partial charge in [-0.3, -0.25) is 10.1 Å². The molecule has 27 heavy (non-hydrogen) atoms. The molecule has 1 aromatic heterocycles. The number of nitrogens with one attached hydrogen (secondary N) is 2. The molecule has 8 nitrogen and oxygen atoms in total. The molecular weight excluding hydrogens is 368 g/mol. The van der Waals surface area contributed by atoms with Crippen molar-refractivity contribution in [2.75, 3.05) is 36.8 Å². The van der Waals surface area contributed by atoms with E-state index in [4.69, 9.17) is 11.6 Å². The van der Waals surface area contributed by atoms with E-state index in [2.05, 4.69) is 25.5 Å². The molecule has 1 aromatic carbocycles. The molecule has 2 aromatic rings. The predicted octanol–water partition coefficient (Wildman–Crippen LogP) is 4.07. The van der Waals surface area contributed by atoms with Crippen molar-refractivity contribution in [2.24, 2.45) is 0 Å². The van der Waals surface area contributed by atoms with Crippen LogP contribution >= 0.6 is 11.6 Å². The summed E-state index contributed by atoms with van der Waals surface area (Å²) in [4.78, 5) is 21.5. The summed E-state index contributed by atoms with van der Waals surface area (Å²) in [6.07, 6.45) is 5.94. The van der Waals surface area contributed by atoms with Crippen molar-refractivity contribution in [1.82, 2.24) is 14.9 Å². The topological polar surface area (TPSA) is 96.2 Å². The summed E-state index contributed by atoms with van der Waals surface area (Å²) < 4.78 is 0. The molecule has 144 valence electrons. The van der Waals surface area contributed by atoms with Crippen molar-refractivity contribution in [3.05, 3.63) is 45.6 Å². The summed E-state index contributed by atoms with van der Waals surface area (Å²) in [5, 5.41) is 18.0. The first kappa shape index (κ1) is 19.3. The van der Waals surface area contributed by atoms with Gasteiger partial charge in [0, 0.05) is 17.3 Å². The van der Waals surface area contributed by atoms with Crippen LogP contribution in [-0.2, 0) is 0 Å². The van der Waals surface area contributed by atoms with Crippen molar-refractivity contribution in [3.63, 3.8) is 0 Å². The number of likely N-dealkylation sites (tertiary alicyclic amines) is 1. The standard InChI is InChI=1S/C18H23ClN6O2/c19-14-5-7-15(8-6-14)22-18-21-13-16(25(26)27)17(23-18)20-9-4-12-24-10-2-1-3-11-24/h5-8,13H,1-4,9-12H2,(H2,20,21,22,23). The van der Waals surface area contributed by atoms with Crippen LogP contribution in [0.5, 0.6) is 0 Å². The summed E-state index contributed by atoms with van der Waals surface area (Å²) in [6.45, 7) is 3.89. The first-order valence-corrected chi connectivity index (χ1v) is 9.50. The third kappa shape index (κ3) is 5.77. The summed E-state index contributed by atoms with van der Waals surface area (Å²) in [6, 6.07) is 7.07. The quantitative estimate of drug-likeness (QED) is 0.398. The Hall–Kier alpha value is -2.45. The van der Waals surface area contributed by atoms with E-state index in [1.807, 2.05) is 0 Å². The Morgan fingerprint density at radius 3 is 2.63 bits per heavy atom. The number of hydrogen-bond donors (Lipinski definition) is 2. The monoisotopic (exact) mass is 390 g/mol. The first-order chi connectivity index (χ1) is 13.1. The molecule has 0 radical (unpaired) electrons. The number of aromatic nitrogens is 2. The Labute approximate surface area is 163 Å². The van der Waals surface area contributed by atoms with Crippen molar-refractivity contribution in [3.8, 4) is 0 Å². The molecule has 0 saturated carbocycles. The average Bonchev–Trinajstić information content (AvgIpc) is 2.68. The lowest BCUT2D eigenvalue weighted by Crippen LogP contribution is -2.31. The highest BCUT2D eigenvalue weighted by Gasteiger charge is 2.17. The SMILES string of the molecule is O=[N+]([O-])c1cnc(Nc2ccc(Cl)cc2)nc1NCCCN1CCCCC1. The second-order valence-electron chi connectivity index (χ2n) is 6.50. The van der Waals surface area contributed by atoms with Crippen LogP contribution in [0.1, 0.15) is 25.7 Å². The van der Waals surface area contributed by atoms with Gasteiger partial charge in [0.05, 0.1) is 4.92 Å². The molecule has 0 atom stereocenters. The fourth-order valence-corrected chi connectivity index (χ4v) is 3.18. The molecule has 0 bridgehead atoms. The number of nitrogens with zero attached hydrogens (tertiary/aromatic N) is 4. The molecule has 0 aliphatic carbocycles. The van der Waals surface area contributed by atoms with Crippen LogP contribution in [-0.4, -0.2) is 46.0 Å². The number of piperidine rings is 1. The van der Waals surface area contributed by atoms with Crippen molar-refractivity contribution < 1.29 is 4.92 Å². The fourth-order valence-electron chi connectivity index (χ4n) is 3.05. The van der Waals surface area contributed by atoms with Gasteiger partial charge in [0.2, 0.25) is 11.8 Å². The largest absolute Gasteiger partial charge is 0.364 e. The number of halogens is 1. The molecule has 9 heteroatoms. The molecule has 3 rings (SSSR count). The fraction of sp³-hybridized carbons (Fsp3) is 0.444. The lowest BCUT2D eigenvalue weighted by atomic mass is 10.1.